The van der Waals surface area contributed by atoms with E-state index in [1.807, 2.05) is 18.7 Å². The molecule has 120 valence electrons. The Morgan fingerprint density at radius 2 is 2.14 bits per heavy atom. The van der Waals surface area contributed by atoms with Gasteiger partial charge >= 0.3 is 0 Å². The van der Waals surface area contributed by atoms with Gasteiger partial charge in [-0.15, -0.1) is 23.7 Å². The zero-order valence-electron chi connectivity index (χ0n) is 13.0. The van der Waals surface area contributed by atoms with Crippen molar-refractivity contribution in [3.63, 3.8) is 0 Å². The third kappa shape index (κ3) is 3.88. The zero-order valence-corrected chi connectivity index (χ0v) is 14.6. The summed E-state index contributed by atoms with van der Waals surface area (Å²) >= 11 is 1.75. The van der Waals surface area contributed by atoms with Crippen molar-refractivity contribution in [2.75, 3.05) is 6.54 Å². The van der Waals surface area contributed by atoms with Gasteiger partial charge in [-0.05, 0) is 33.2 Å². The number of unbranched alkanes of at least 4 members (excludes halogenated alkanes) is 1. The summed E-state index contributed by atoms with van der Waals surface area (Å²) in [6, 6.07) is 0. The molecule has 5 nitrogen and oxygen atoms in total. The fourth-order valence-electron chi connectivity index (χ4n) is 2.49. The van der Waals surface area contributed by atoms with Crippen LogP contribution in [0.3, 0.4) is 0 Å². The zero-order chi connectivity index (χ0) is 14.7. The van der Waals surface area contributed by atoms with Gasteiger partial charge in [0.15, 0.2) is 4.96 Å². The van der Waals surface area contributed by atoms with Crippen molar-refractivity contribution in [3.8, 4) is 0 Å². The van der Waals surface area contributed by atoms with E-state index in [-0.39, 0.29) is 12.4 Å². The lowest BCUT2D eigenvalue weighted by Crippen LogP contribution is -2.17. The van der Waals surface area contributed by atoms with Crippen molar-refractivity contribution in [3.05, 3.63) is 41.2 Å². The molecule has 0 saturated carbocycles. The Hall–Kier alpha value is -1.37. The monoisotopic (exact) mass is 339 g/mol. The lowest BCUT2D eigenvalue weighted by atomic mass is 10.3. The second kappa shape index (κ2) is 7.76. The topological polar surface area (TPSA) is 47.1 Å². The number of rotatable bonds is 7. The van der Waals surface area contributed by atoms with Crippen molar-refractivity contribution in [1.29, 1.82) is 0 Å². The summed E-state index contributed by atoms with van der Waals surface area (Å²) in [5.74, 6) is 0. The van der Waals surface area contributed by atoms with Crippen molar-refractivity contribution in [2.24, 2.45) is 0 Å². The number of halogens is 1. The van der Waals surface area contributed by atoms with Gasteiger partial charge in [-0.1, -0.05) is 0 Å². The SMILES string of the molecule is Cc1cn2c(CNCCCCn3ccnc3)c(C)nc2s1.Cl. The largest absolute Gasteiger partial charge is 0.337 e. The Bertz CT molecular complexity index is 701. The third-order valence-electron chi connectivity index (χ3n) is 3.61. The first kappa shape index (κ1) is 17.0. The fraction of sp³-hybridized carbons (Fsp3) is 0.467. The van der Waals surface area contributed by atoms with Gasteiger partial charge in [0, 0.05) is 36.6 Å². The quantitative estimate of drug-likeness (QED) is 0.672. The van der Waals surface area contributed by atoms with Crippen LogP contribution < -0.4 is 5.32 Å². The molecule has 22 heavy (non-hydrogen) atoms. The molecule has 0 aliphatic heterocycles. The molecule has 1 N–H and O–H groups in total. The molecule has 3 aromatic rings. The molecule has 3 heterocycles. The van der Waals surface area contributed by atoms with Crippen molar-refractivity contribution >= 4 is 28.7 Å². The van der Waals surface area contributed by atoms with E-state index in [0.29, 0.717) is 0 Å². The van der Waals surface area contributed by atoms with E-state index in [0.717, 1.165) is 30.3 Å². The van der Waals surface area contributed by atoms with E-state index in [9.17, 15) is 0 Å². The molecule has 0 unspecified atom stereocenters. The predicted molar refractivity (Wildman–Crippen MR) is 93.0 cm³/mol. The second-order valence-corrected chi connectivity index (χ2v) is 6.54. The van der Waals surface area contributed by atoms with Crippen LogP contribution in [0.15, 0.2) is 24.9 Å². The number of hydrogen-bond donors (Lipinski definition) is 1. The van der Waals surface area contributed by atoms with E-state index >= 15 is 0 Å². The highest BCUT2D eigenvalue weighted by atomic mass is 35.5. The molecule has 7 heteroatoms. The molecule has 3 rings (SSSR count). The summed E-state index contributed by atoms with van der Waals surface area (Å²) < 4.78 is 4.34. The number of imidazole rings is 2. The van der Waals surface area contributed by atoms with Crippen LogP contribution in [-0.4, -0.2) is 25.5 Å². The van der Waals surface area contributed by atoms with Crippen molar-refractivity contribution in [2.45, 2.75) is 39.8 Å². The van der Waals surface area contributed by atoms with E-state index in [4.69, 9.17) is 0 Å². The van der Waals surface area contributed by atoms with Gasteiger partial charge in [0.1, 0.15) is 0 Å². The normalized spacial score (nSPS) is 11.0. The average Bonchev–Trinajstić information content (AvgIpc) is 3.12. The molecule has 0 atom stereocenters. The predicted octanol–water partition coefficient (Wildman–Crippen LogP) is 3.20. The fourth-order valence-corrected chi connectivity index (χ4v) is 3.38. The molecule has 0 saturated heterocycles. The van der Waals surface area contributed by atoms with Crippen molar-refractivity contribution < 1.29 is 0 Å². The standard InChI is InChI=1S/C15H21N5S.ClH/c1-12-10-20-14(13(2)18-15(20)21-12)9-16-5-3-4-7-19-8-6-17-11-19;/h6,8,10-11,16H,3-5,7,9H2,1-2H3;1H. The average molecular weight is 340 g/mol. The first-order valence-corrected chi connectivity index (χ1v) is 8.16. The Morgan fingerprint density at radius 1 is 1.27 bits per heavy atom. The van der Waals surface area contributed by atoms with Crippen LogP contribution in [0.5, 0.6) is 0 Å². The van der Waals surface area contributed by atoms with Crippen LogP contribution in [0, 0.1) is 13.8 Å². The van der Waals surface area contributed by atoms with Crippen molar-refractivity contribution in [1.82, 2.24) is 24.3 Å². The number of hydrogen-bond acceptors (Lipinski definition) is 4. The summed E-state index contributed by atoms with van der Waals surface area (Å²) in [4.78, 5) is 11.1. The van der Waals surface area contributed by atoms with E-state index in [1.165, 1.54) is 23.4 Å². The lowest BCUT2D eigenvalue weighted by Gasteiger charge is -2.06. The second-order valence-electron chi connectivity index (χ2n) is 5.32. The Balaban J connectivity index is 0.00000176. The number of fused-ring (bicyclic) bond motifs is 1. The molecule has 0 fully saturated rings. The number of aromatic nitrogens is 4. The van der Waals surface area contributed by atoms with Crippen LogP contribution in [0.4, 0.5) is 0 Å². The first-order valence-electron chi connectivity index (χ1n) is 7.34. The van der Waals surface area contributed by atoms with Crippen LogP contribution in [0.1, 0.15) is 29.1 Å². The van der Waals surface area contributed by atoms with E-state index < -0.39 is 0 Å². The van der Waals surface area contributed by atoms with E-state index in [1.54, 1.807) is 11.3 Å². The smallest absolute Gasteiger partial charge is 0.194 e. The number of nitrogens with zero attached hydrogens (tertiary/aromatic N) is 4. The maximum Gasteiger partial charge on any atom is 0.194 e. The molecular formula is C15H22ClN5S. The highest BCUT2D eigenvalue weighted by Gasteiger charge is 2.10. The maximum absolute atomic E-state index is 4.61. The molecule has 0 aliphatic rings. The highest BCUT2D eigenvalue weighted by molar-refractivity contribution is 7.17. The maximum atomic E-state index is 4.61. The van der Waals surface area contributed by atoms with Gasteiger partial charge in [0.25, 0.3) is 0 Å². The van der Waals surface area contributed by atoms with Gasteiger partial charge in [0.2, 0.25) is 0 Å². The minimum absolute atomic E-state index is 0. The summed E-state index contributed by atoms with van der Waals surface area (Å²) in [7, 11) is 0. The van der Waals surface area contributed by atoms with Crippen LogP contribution in [0.2, 0.25) is 0 Å². The molecule has 0 amide bonds. The third-order valence-corrected chi connectivity index (χ3v) is 4.51. The molecule has 0 radical (unpaired) electrons. The molecule has 0 aromatic carbocycles. The summed E-state index contributed by atoms with van der Waals surface area (Å²) in [6.45, 7) is 7.17. The molecule has 0 bridgehead atoms. The van der Waals surface area contributed by atoms with E-state index in [2.05, 4.69) is 44.3 Å². The van der Waals surface area contributed by atoms with Gasteiger partial charge in [-0.2, -0.15) is 0 Å². The number of nitrogens with one attached hydrogen (secondary N) is 1. The van der Waals surface area contributed by atoms with Crippen LogP contribution in [0.25, 0.3) is 4.96 Å². The van der Waals surface area contributed by atoms with Crippen LogP contribution in [-0.2, 0) is 13.1 Å². The Kier molecular flexibility index (Phi) is 5.99. The molecule has 0 spiro atoms. The highest BCUT2D eigenvalue weighted by Crippen LogP contribution is 2.20. The van der Waals surface area contributed by atoms with Gasteiger partial charge in [0.05, 0.1) is 17.7 Å². The lowest BCUT2D eigenvalue weighted by molar-refractivity contribution is 0.564. The summed E-state index contributed by atoms with van der Waals surface area (Å²) in [6.07, 6.45) is 10.2. The number of thiazole rings is 1. The van der Waals surface area contributed by atoms with Gasteiger partial charge in [-0.3, -0.25) is 4.40 Å². The molecule has 0 aliphatic carbocycles. The van der Waals surface area contributed by atoms with Crippen LogP contribution >= 0.6 is 23.7 Å². The number of aryl methyl sites for hydroxylation is 3. The Labute approximate surface area is 140 Å². The first-order chi connectivity index (χ1) is 10.2. The molecular weight excluding hydrogens is 318 g/mol. The van der Waals surface area contributed by atoms with Gasteiger partial charge < -0.3 is 9.88 Å². The summed E-state index contributed by atoms with van der Waals surface area (Å²) in [5.41, 5.74) is 2.41. The Morgan fingerprint density at radius 3 is 2.91 bits per heavy atom. The minimum atomic E-state index is 0. The minimum Gasteiger partial charge on any atom is -0.337 e. The molecule has 3 aromatic heterocycles. The van der Waals surface area contributed by atoms with Gasteiger partial charge in [-0.25, -0.2) is 9.97 Å². The summed E-state index contributed by atoms with van der Waals surface area (Å²) in [5, 5.41) is 3.53.